The fourth-order valence-corrected chi connectivity index (χ4v) is 1.47. The molecule has 1 rings (SSSR count). The van der Waals surface area contributed by atoms with Crippen molar-refractivity contribution in [2.24, 2.45) is 5.73 Å². The first kappa shape index (κ1) is 11.2. The Labute approximate surface area is 74.9 Å². The van der Waals surface area contributed by atoms with Gasteiger partial charge < -0.3 is 10.5 Å². The van der Waals surface area contributed by atoms with Crippen LogP contribution in [0.5, 0.6) is 0 Å². The third-order valence-electron chi connectivity index (χ3n) is 2.04. The van der Waals surface area contributed by atoms with Gasteiger partial charge in [0.05, 0.1) is 11.7 Å². The highest BCUT2D eigenvalue weighted by Crippen LogP contribution is 2.30. The molecule has 0 bridgehead atoms. The van der Waals surface area contributed by atoms with Gasteiger partial charge in [0.2, 0.25) is 0 Å². The maximum Gasteiger partial charge on any atom is 0.0631 e. The van der Waals surface area contributed by atoms with Crippen molar-refractivity contribution >= 4 is 12.4 Å². The van der Waals surface area contributed by atoms with Crippen molar-refractivity contribution in [1.29, 1.82) is 0 Å². The lowest BCUT2D eigenvalue weighted by atomic mass is 10.0. The van der Waals surface area contributed by atoms with Crippen LogP contribution in [0.4, 0.5) is 0 Å². The summed E-state index contributed by atoms with van der Waals surface area (Å²) >= 11 is 0. The molecule has 1 aliphatic rings. The van der Waals surface area contributed by atoms with Gasteiger partial charge in [-0.25, -0.2) is 0 Å². The monoisotopic (exact) mass is 179 g/mol. The third kappa shape index (κ3) is 3.41. The molecule has 1 heterocycles. The molecule has 0 saturated carbocycles. The van der Waals surface area contributed by atoms with Crippen LogP contribution in [0.2, 0.25) is 0 Å². The number of hydrogen-bond acceptors (Lipinski definition) is 2. The zero-order valence-corrected chi connectivity index (χ0v) is 8.12. The van der Waals surface area contributed by atoms with E-state index in [1.54, 1.807) is 0 Å². The molecule has 2 N–H and O–H groups in total. The number of rotatable bonds is 2. The molecule has 0 spiro atoms. The topological polar surface area (TPSA) is 35.2 Å². The van der Waals surface area contributed by atoms with E-state index in [0.29, 0.717) is 6.10 Å². The average molecular weight is 180 g/mol. The van der Waals surface area contributed by atoms with Crippen LogP contribution in [0, 0.1) is 0 Å². The molecule has 0 aromatic rings. The van der Waals surface area contributed by atoms with Crippen molar-refractivity contribution in [3.05, 3.63) is 0 Å². The van der Waals surface area contributed by atoms with Gasteiger partial charge >= 0.3 is 0 Å². The molecular formula is C8H18ClNO. The van der Waals surface area contributed by atoms with E-state index in [9.17, 15) is 0 Å². The van der Waals surface area contributed by atoms with Gasteiger partial charge in [-0.2, -0.15) is 0 Å². The summed E-state index contributed by atoms with van der Waals surface area (Å²) in [6, 6.07) is 0. The molecule has 1 fully saturated rings. The van der Waals surface area contributed by atoms with Crippen LogP contribution in [0.3, 0.4) is 0 Å². The molecule has 11 heavy (non-hydrogen) atoms. The van der Waals surface area contributed by atoms with E-state index in [-0.39, 0.29) is 18.0 Å². The van der Waals surface area contributed by atoms with Gasteiger partial charge in [-0.1, -0.05) is 0 Å². The van der Waals surface area contributed by atoms with Crippen LogP contribution in [0.15, 0.2) is 0 Å². The summed E-state index contributed by atoms with van der Waals surface area (Å²) in [5.74, 6) is 0. The zero-order chi connectivity index (χ0) is 7.61. The number of hydrogen-bond donors (Lipinski definition) is 1. The molecule has 0 radical (unpaired) electrons. The minimum Gasteiger partial charge on any atom is -0.372 e. The summed E-state index contributed by atoms with van der Waals surface area (Å²) < 4.78 is 5.71. The predicted octanol–water partition coefficient (Wildman–Crippen LogP) is 1.71. The quantitative estimate of drug-likeness (QED) is 0.701. The first-order valence-corrected chi connectivity index (χ1v) is 4.02. The second kappa shape index (κ2) is 4.29. The van der Waals surface area contributed by atoms with Crippen LogP contribution < -0.4 is 5.73 Å². The van der Waals surface area contributed by atoms with E-state index < -0.39 is 0 Å². The Morgan fingerprint density at radius 2 is 2.18 bits per heavy atom. The molecule has 1 aliphatic heterocycles. The zero-order valence-electron chi connectivity index (χ0n) is 7.30. The van der Waals surface area contributed by atoms with Crippen molar-refractivity contribution in [2.75, 3.05) is 6.54 Å². The maximum absolute atomic E-state index is 5.71. The summed E-state index contributed by atoms with van der Waals surface area (Å²) in [7, 11) is 0. The highest BCUT2D eigenvalue weighted by molar-refractivity contribution is 5.85. The molecule has 68 valence electrons. The minimum atomic E-state index is 0. The molecule has 3 heteroatoms. The van der Waals surface area contributed by atoms with Gasteiger partial charge in [-0.15, -0.1) is 12.4 Å². The third-order valence-corrected chi connectivity index (χ3v) is 2.04. The SMILES string of the molecule is CC1(C)CCC(CCN)O1.Cl. The molecular weight excluding hydrogens is 162 g/mol. The average Bonchev–Trinajstić information content (AvgIpc) is 2.12. The van der Waals surface area contributed by atoms with Gasteiger partial charge in [0.15, 0.2) is 0 Å². The molecule has 0 aromatic heterocycles. The highest BCUT2D eigenvalue weighted by Gasteiger charge is 2.30. The highest BCUT2D eigenvalue weighted by atomic mass is 35.5. The molecule has 2 nitrogen and oxygen atoms in total. The fourth-order valence-electron chi connectivity index (χ4n) is 1.47. The number of halogens is 1. The molecule has 0 aliphatic carbocycles. The number of ether oxygens (including phenoxy) is 1. The Morgan fingerprint density at radius 1 is 1.55 bits per heavy atom. The number of nitrogens with two attached hydrogens (primary N) is 1. The standard InChI is InChI=1S/C8H17NO.ClH/c1-8(2)5-3-7(10-8)4-6-9;/h7H,3-6,9H2,1-2H3;1H. The summed E-state index contributed by atoms with van der Waals surface area (Å²) in [5, 5.41) is 0. The van der Waals surface area contributed by atoms with E-state index >= 15 is 0 Å². The summed E-state index contributed by atoms with van der Waals surface area (Å²) in [6.07, 6.45) is 3.81. The predicted molar refractivity (Wildman–Crippen MR) is 49.1 cm³/mol. The van der Waals surface area contributed by atoms with Gasteiger partial charge in [0.1, 0.15) is 0 Å². The molecule has 0 aromatic carbocycles. The van der Waals surface area contributed by atoms with Crippen LogP contribution in [-0.4, -0.2) is 18.2 Å². The Hall–Kier alpha value is 0.210. The minimum absolute atomic E-state index is 0. The summed E-state index contributed by atoms with van der Waals surface area (Å²) in [5.41, 5.74) is 5.53. The van der Waals surface area contributed by atoms with E-state index in [1.165, 1.54) is 12.8 Å². The molecule has 1 atom stereocenters. The Kier molecular flexibility index (Phi) is 4.37. The van der Waals surface area contributed by atoms with Crippen LogP contribution >= 0.6 is 12.4 Å². The lowest BCUT2D eigenvalue weighted by molar-refractivity contribution is -0.0171. The lowest BCUT2D eigenvalue weighted by Crippen LogP contribution is -2.21. The van der Waals surface area contributed by atoms with Crippen LogP contribution in [0.1, 0.15) is 33.1 Å². The Morgan fingerprint density at radius 3 is 2.55 bits per heavy atom. The van der Waals surface area contributed by atoms with Gasteiger partial charge in [0, 0.05) is 0 Å². The van der Waals surface area contributed by atoms with Crippen molar-refractivity contribution in [1.82, 2.24) is 0 Å². The lowest BCUT2D eigenvalue weighted by Gasteiger charge is -2.18. The summed E-state index contributed by atoms with van der Waals surface area (Å²) in [6.45, 7) is 5.04. The van der Waals surface area contributed by atoms with Crippen molar-refractivity contribution in [3.63, 3.8) is 0 Å². The van der Waals surface area contributed by atoms with E-state index in [4.69, 9.17) is 10.5 Å². The van der Waals surface area contributed by atoms with Gasteiger partial charge in [-0.3, -0.25) is 0 Å². The maximum atomic E-state index is 5.71. The molecule has 1 saturated heterocycles. The normalized spacial score (nSPS) is 28.1. The van der Waals surface area contributed by atoms with Gasteiger partial charge in [0.25, 0.3) is 0 Å². The van der Waals surface area contributed by atoms with Crippen molar-refractivity contribution in [3.8, 4) is 0 Å². The largest absolute Gasteiger partial charge is 0.372 e. The Bertz CT molecular complexity index is 117. The fraction of sp³-hybridized carbons (Fsp3) is 1.00. The molecule has 0 amide bonds. The molecule has 1 unspecified atom stereocenters. The van der Waals surface area contributed by atoms with Crippen LogP contribution in [-0.2, 0) is 4.74 Å². The van der Waals surface area contributed by atoms with E-state index in [2.05, 4.69) is 13.8 Å². The first-order chi connectivity index (χ1) is 4.64. The van der Waals surface area contributed by atoms with Crippen LogP contribution in [0.25, 0.3) is 0 Å². The van der Waals surface area contributed by atoms with E-state index in [0.717, 1.165) is 13.0 Å². The van der Waals surface area contributed by atoms with Crippen molar-refractivity contribution in [2.45, 2.75) is 44.8 Å². The second-order valence-electron chi connectivity index (χ2n) is 3.62. The van der Waals surface area contributed by atoms with E-state index in [1.807, 2.05) is 0 Å². The Balaban J connectivity index is 0.000001000. The second-order valence-corrected chi connectivity index (χ2v) is 3.62. The first-order valence-electron chi connectivity index (χ1n) is 4.02. The van der Waals surface area contributed by atoms with Crippen molar-refractivity contribution < 1.29 is 4.74 Å². The summed E-state index contributed by atoms with van der Waals surface area (Å²) in [4.78, 5) is 0. The smallest absolute Gasteiger partial charge is 0.0631 e. The van der Waals surface area contributed by atoms with Gasteiger partial charge in [-0.05, 0) is 39.7 Å².